The van der Waals surface area contributed by atoms with E-state index in [2.05, 4.69) is 6.07 Å². The van der Waals surface area contributed by atoms with Gasteiger partial charge in [-0.3, -0.25) is 0 Å². The van der Waals surface area contributed by atoms with Crippen molar-refractivity contribution in [3.63, 3.8) is 0 Å². The van der Waals surface area contributed by atoms with Gasteiger partial charge in [-0.1, -0.05) is 6.07 Å². The van der Waals surface area contributed by atoms with Crippen molar-refractivity contribution in [1.82, 2.24) is 0 Å². The molecule has 0 N–H and O–H groups in total. The molecule has 0 aliphatic heterocycles. The first-order valence-electron chi connectivity index (χ1n) is 6.69. The summed E-state index contributed by atoms with van der Waals surface area (Å²) in [6.45, 7) is 9.55. The lowest BCUT2D eigenvalue weighted by Crippen LogP contribution is -2.57. The molecule has 1 aromatic rings. The fourth-order valence-corrected chi connectivity index (χ4v) is 4.60. The fraction of sp³-hybridized carbons (Fsp3) is 0.571. The summed E-state index contributed by atoms with van der Waals surface area (Å²) < 4.78 is 23.0. The SMILES string of the molecule is CCO[Si](OCC)(OCC)c1cc(C)cc(OC)c1. The lowest BCUT2D eigenvalue weighted by molar-refractivity contribution is 0.0858. The Hall–Kier alpha value is -0.883. The minimum absolute atomic E-state index is 0.558. The van der Waals surface area contributed by atoms with Crippen molar-refractivity contribution < 1.29 is 18.0 Å². The van der Waals surface area contributed by atoms with E-state index in [1.165, 1.54) is 0 Å². The van der Waals surface area contributed by atoms with Gasteiger partial charge in [-0.25, -0.2) is 0 Å². The van der Waals surface area contributed by atoms with E-state index >= 15 is 0 Å². The molecule has 0 saturated heterocycles. The summed E-state index contributed by atoms with van der Waals surface area (Å²) in [5.41, 5.74) is 1.10. The van der Waals surface area contributed by atoms with Crippen LogP contribution in [0.3, 0.4) is 0 Å². The van der Waals surface area contributed by atoms with Crippen LogP contribution in [0.1, 0.15) is 26.3 Å². The van der Waals surface area contributed by atoms with Gasteiger partial charge < -0.3 is 18.0 Å². The maximum atomic E-state index is 5.89. The Labute approximate surface area is 117 Å². The van der Waals surface area contributed by atoms with E-state index in [9.17, 15) is 0 Å². The van der Waals surface area contributed by atoms with Crippen LogP contribution in [0.5, 0.6) is 5.75 Å². The van der Waals surface area contributed by atoms with E-state index in [1.54, 1.807) is 7.11 Å². The quantitative estimate of drug-likeness (QED) is 0.686. The summed E-state index contributed by atoms with van der Waals surface area (Å²) in [5, 5.41) is 0.954. The van der Waals surface area contributed by atoms with Gasteiger partial charge in [0.2, 0.25) is 0 Å². The van der Waals surface area contributed by atoms with Crippen LogP contribution in [-0.2, 0) is 13.3 Å². The van der Waals surface area contributed by atoms with Gasteiger partial charge in [-0.15, -0.1) is 0 Å². The van der Waals surface area contributed by atoms with E-state index in [1.807, 2.05) is 39.8 Å². The minimum atomic E-state index is -2.83. The van der Waals surface area contributed by atoms with Crippen molar-refractivity contribution in [2.45, 2.75) is 27.7 Å². The second kappa shape index (κ2) is 7.64. The van der Waals surface area contributed by atoms with Crippen LogP contribution in [0.2, 0.25) is 0 Å². The zero-order chi connectivity index (χ0) is 14.3. The Morgan fingerprint density at radius 3 is 1.84 bits per heavy atom. The molecule has 19 heavy (non-hydrogen) atoms. The van der Waals surface area contributed by atoms with Gasteiger partial charge in [-0.05, 0) is 45.4 Å². The molecule has 0 spiro atoms. The summed E-state index contributed by atoms with van der Waals surface area (Å²) in [7, 11) is -1.17. The highest BCUT2D eigenvalue weighted by atomic mass is 28.4. The summed E-state index contributed by atoms with van der Waals surface area (Å²) in [6, 6.07) is 5.97. The van der Waals surface area contributed by atoms with Gasteiger partial charge in [0.15, 0.2) is 0 Å². The van der Waals surface area contributed by atoms with Crippen LogP contribution in [0.25, 0.3) is 0 Å². The normalized spacial score (nSPS) is 11.6. The third kappa shape index (κ3) is 4.04. The first kappa shape index (κ1) is 16.2. The zero-order valence-electron chi connectivity index (χ0n) is 12.5. The zero-order valence-corrected chi connectivity index (χ0v) is 13.5. The monoisotopic (exact) mass is 284 g/mol. The van der Waals surface area contributed by atoms with Gasteiger partial charge in [0.1, 0.15) is 5.75 Å². The standard InChI is InChI=1S/C14H24O4Si/c1-6-16-19(17-7-2,18-8-3)14-10-12(4)9-13(11-14)15-5/h9-11H,6-8H2,1-5H3. The summed E-state index contributed by atoms with van der Waals surface area (Å²) in [5.74, 6) is 0.797. The second-order valence-corrected chi connectivity index (χ2v) is 6.65. The predicted molar refractivity (Wildman–Crippen MR) is 78.0 cm³/mol. The number of aryl methyl sites for hydroxylation is 1. The first-order valence-corrected chi connectivity index (χ1v) is 8.42. The molecule has 0 aliphatic carbocycles. The van der Waals surface area contributed by atoms with E-state index in [0.717, 1.165) is 16.5 Å². The van der Waals surface area contributed by atoms with Crippen molar-refractivity contribution in [3.8, 4) is 5.75 Å². The number of rotatable bonds is 8. The van der Waals surface area contributed by atoms with Gasteiger partial charge in [0.05, 0.1) is 7.11 Å². The molecule has 0 radical (unpaired) electrons. The number of hydrogen-bond donors (Lipinski definition) is 0. The highest BCUT2D eigenvalue weighted by molar-refractivity contribution is 6.75. The molecule has 0 aromatic heterocycles. The molecule has 0 aliphatic rings. The molecule has 0 bridgehead atoms. The van der Waals surface area contributed by atoms with Crippen molar-refractivity contribution in [3.05, 3.63) is 23.8 Å². The molecule has 0 unspecified atom stereocenters. The topological polar surface area (TPSA) is 36.9 Å². The highest BCUT2D eigenvalue weighted by Gasteiger charge is 2.43. The largest absolute Gasteiger partial charge is 0.537 e. The number of hydrogen-bond acceptors (Lipinski definition) is 4. The van der Waals surface area contributed by atoms with Crippen LogP contribution in [0, 0.1) is 6.92 Å². The molecule has 4 nitrogen and oxygen atoms in total. The molecule has 0 amide bonds. The molecule has 1 aromatic carbocycles. The number of methoxy groups -OCH3 is 1. The van der Waals surface area contributed by atoms with E-state index in [4.69, 9.17) is 18.0 Å². The number of benzene rings is 1. The molecule has 0 fully saturated rings. The molecule has 5 heteroatoms. The molecule has 0 heterocycles. The van der Waals surface area contributed by atoms with Crippen molar-refractivity contribution in [2.75, 3.05) is 26.9 Å². The van der Waals surface area contributed by atoms with Crippen LogP contribution >= 0.6 is 0 Å². The van der Waals surface area contributed by atoms with Crippen LogP contribution < -0.4 is 9.92 Å². The minimum Gasteiger partial charge on any atom is -0.497 e. The molecule has 1 rings (SSSR count). The lowest BCUT2D eigenvalue weighted by atomic mass is 10.2. The third-order valence-electron chi connectivity index (χ3n) is 2.64. The third-order valence-corrected chi connectivity index (χ3v) is 5.65. The second-order valence-electron chi connectivity index (χ2n) is 4.09. The average Bonchev–Trinajstić information content (AvgIpc) is 2.38. The summed E-state index contributed by atoms with van der Waals surface area (Å²) in [6.07, 6.45) is 0. The first-order chi connectivity index (χ1) is 9.11. The van der Waals surface area contributed by atoms with E-state index < -0.39 is 8.80 Å². The Bertz CT molecular complexity index is 378. The van der Waals surface area contributed by atoms with Crippen molar-refractivity contribution in [1.29, 1.82) is 0 Å². The van der Waals surface area contributed by atoms with E-state index in [-0.39, 0.29) is 0 Å². The Morgan fingerprint density at radius 2 is 1.42 bits per heavy atom. The van der Waals surface area contributed by atoms with Crippen molar-refractivity contribution >= 4 is 14.0 Å². The Morgan fingerprint density at radius 1 is 0.895 bits per heavy atom. The summed E-state index contributed by atoms with van der Waals surface area (Å²) >= 11 is 0. The smallest absolute Gasteiger partial charge is 0.497 e. The molecular weight excluding hydrogens is 260 g/mol. The van der Waals surface area contributed by atoms with Gasteiger partial charge in [0, 0.05) is 25.0 Å². The average molecular weight is 284 g/mol. The van der Waals surface area contributed by atoms with Gasteiger partial charge in [0.25, 0.3) is 0 Å². The predicted octanol–water partition coefficient (Wildman–Crippen LogP) is 2.26. The molecule has 0 saturated carbocycles. The maximum absolute atomic E-state index is 5.89. The van der Waals surface area contributed by atoms with Gasteiger partial charge in [-0.2, -0.15) is 0 Å². The van der Waals surface area contributed by atoms with Crippen LogP contribution in [0.15, 0.2) is 18.2 Å². The summed E-state index contributed by atoms with van der Waals surface area (Å²) in [4.78, 5) is 0. The Balaban J connectivity index is 3.24. The lowest BCUT2D eigenvalue weighted by Gasteiger charge is -2.29. The van der Waals surface area contributed by atoms with Crippen molar-refractivity contribution in [2.24, 2.45) is 0 Å². The van der Waals surface area contributed by atoms with Gasteiger partial charge >= 0.3 is 8.80 Å². The van der Waals surface area contributed by atoms with E-state index in [0.29, 0.717) is 19.8 Å². The van der Waals surface area contributed by atoms with Crippen LogP contribution in [0.4, 0.5) is 0 Å². The number of ether oxygens (including phenoxy) is 1. The highest BCUT2D eigenvalue weighted by Crippen LogP contribution is 2.17. The molecular formula is C14H24O4Si. The Kier molecular flexibility index (Phi) is 6.51. The maximum Gasteiger partial charge on any atom is 0.537 e. The molecule has 0 atom stereocenters. The fourth-order valence-electron chi connectivity index (χ4n) is 1.99. The van der Waals surface area contributed by atoms with Crippen LogP contribution in [-0.4, -0.2) is 35.7 Å². The molecule has 108 valence electrons.